The van der Waals surface area contributed by atoms with Crippen molar-refractivity contribution in [1.82, 2.24) is 0 Å². The molecular formula is C62H80N2O26S5-4. The number of ether oxygens (including phenoxy) is 9. The molecule has 2 aliphatic rings. The molecule has 2 heterocycles. The van der Waals surface area contributed by atoms with Gasteiger partial charge >= 0.3 is 5.97 Å². The first-order valence-corrected chi connectivity index (χ1v) is 37.5. The normalized spacial score (nSPS) is 17.7. The zero-order valence-electron chi connectivity index (χ0n) is 53.1. The SMILES string of the molecule is COCCOCCOCCOCCOCCN1/C(=C/C=C/C=C/C=C/C2=[N+](CCCCCC(=O)O)c3ccc4c(S(=O)(=O)[O-])cc(S(=O)(=O)[O-])cc4c3C2(C)CCOCCOCCOCCOC)C(C)(CCCS(=O)(=O)[O-])c2c1cc(S(=O)(=O)[O-])c1ccc(S(=O)(=O)[O-])cc21. The zero-order valence-corrected chi connectivity index (χ0v) is 57.2. The van der Waals surface area contributed by atoms with Crippen LogP contribution in [0.3, 0.4) is 0 Å². The lowest BCUT2D eigenvalue weighted by atomic mass is 9.75. The first kappa shape index (κ1) is 78.5. The number of rotatable bonds is 45. The third kappa shape index (κ3) is 22.2. The Hall–Kier alpha value is -5.51. The molecule has 0 saturated heterocycles. The van der Waals surface area contributed by atoms with Gasteiger partial charge in [-0.3, -0.25) is 4.79 Å². The van der Waals surface area contributed by atoms with Crippen molar-refractivity contribution in [2.75, 3.05) is 144 Å². The highest BCUT2D eigenvalue weighted by molar-refractivity contribution is 7.87. The highest BCUT2D eigenvalue weighted by Crippen LogP contribution is 2.55. The van der Waals surface area contributed by atoms with Crippen molar-refractivity contribution in [3.8, 4) is 0 Å². The molecule has 2 aliphatic heterocycles. The summed E-state index contributed by atoms with van der Waals surface area (Å²) in [6.45, 7) is 7.55. The van der Waals surface area contributed by atoms with Crippen LogP contribution in [0.4, 0.5) is 11.4 Å². The maximum absolute atomic E-state index is 13.1. The number of hydrogen-bond donors (Lipinski definition) is 1. The van der Waals surface area contributed by atoms with Gasteiger partial charge in [0.2, 0.25) is 5.69 Å². The quantitative estimate of drug-likeness (QED) is 0.0261. The predicted octanol–water partition coefficient (Wildman–Crippen LogP) is 5.07. The van der Waals surface area contributed by atoms with Gasteiger partial charge in [0.15, 0.2) is 5.71 Å². The van der Waals surface area contributed by atoms with Gasteiger partial charge in [0.05, 0.1) is 134 Å². The van der Waals surface area contributed by atoms with Gasteiger partial charge in [-0.2, -0.15) is 4.58 Å². The van der Waals surface area contributed by atoms with Crippen LogP contribution in [0.1, 0.15) is 69.9 Å². The summed E-state index contributed by atoms with van der Waals surface area (Å²) in [6.07, 6.45) is 12.3. The summed E-state index contributed by atoms with van der Waals surface area (Å²) in [6, 6.07) is 8.48. The Morgan fingerprint density at radius 2 is 0.989 bits per heavy atom. The molecule has 528 valence electrons. The number of fused-ring (bicyclic) bond motifs is 6. The summed E-state index contributed by atoms with van der Waals surface area (Å²) in [7, 11) is -23.0. The molecule has 4 aromatic carbocycles. The summed E-state index contributed by atoms with van der Waals surface area (Å²) in [5.41, 5.74) is -0.578. The average Bonchev–Trinajstić information content (AvgIpc) is 1.60. The van der Waals surface area contributed by atoms with Crippen LogP contribution >= 0.6 is 0 Å². The number of carbonyl (C=O) groups is 1. The second-order valence-electron chi connectivity index (χ2n) is 22.4. The summed E-state index contributed by atoms with van der Waals surface area (Å²) in [5.74, 6) is -1.82. The second-order valence-corrected chi connectivity index (χ2v) is 29.4. The number of benzene rings is 4. The topological polar surface area (TPSA) is 413 Å². The number of unbranched alkanes of at least 4 members (excludes halogenated alkanes) is 2. The molecule has 0 bridgehead atoms. The van der Waals surface area contributed by atoms with E-state index in [4.69, 9.17) is 42.6 Å². The Morgan fingerprint density at radius 3 is 1.52 bits per heavy atom. The van der Waals surface area contributed by atoms with E-state index in [-0.39, 0.29) is 131 Å². The minimum atomic E-state index is -5.39. The van der Waals surface area contributed by atoms with Crippen molar-refractivity contribution >= 4 is 95.2 Å². The van der Waals surface area contributed by atoms with Gasteiger partial charge in [0.25, 0.3) is 0 Å². The first-order chi connectivity index (χ1) is 44.9. The molecule has 0 spiro atoms. The summed E-state index contributed by atoms with van der Waals surface area (Å²) in [4.78, 5) is 9.70. The molecule has 0 aliphatic carbocycles. The fourth-order valence-corrected chi connectivity index (χ4v) is 14.5. The molecule has 4 aromatic rings. The maximum atomic E-state index is 13.1. The standard InChI is InChI=1S/C62H84N2O26S5/c1-61(21-13-41-91(67,68)69)56(64(24-26-85-32-34-89-39-40-90-38-36-87-30-28-83-4)53-45-55(95(79,80)81)48-18-17-46(92(70,71)72)42-50(48)60(53)61)14-9-6-5-7-10-15-57-62(2,22-25-84-31-33-88-37-35-86-29-27-82-3)59-51-43-47(93(73,74)75)44-54(94(76,77)78)49(51)19-20-52(59)63(57)23-12-8-11-16-58(65)66/h5-7,9-10,14-15,17-20,42-45H,8,11-13,16,21-41H2,1-4H3,(H5-,65,66,67,68,69,70,71,72,73,74,75,76,77,78,79,80,81)/p-4. The molecule has 0 fully saturated rings. The molecule has 6 rings (SSSR count). The molecular weight excluding hydrogens is 1350 g/mol. The molecule has 0 aromatic heterocycles. The molecule has 2 unspecified atom stereocenters. The van der Waals surface area contributed by atoms with Gasteiger partial charge in [0.1, 0.15) is 47.0 Å². The van der Waals surface area contributed by atoms with Crippen LogP contribution < -0.4 is 4.90 Å². The Kier molecular flexibility index (Phi) is 29.6. The highest BCUT2D eigenvalue weighted by atomic mass is 32.2. The molecule has 0 amide bonds. The van der Waals surface area contributed by atoms with Gasteiger partial charge in [-0.1, -0.05) is 36.4 Å². The Morgan fingerprint density at radius 1 is 0.505 bits per heavy atom. The lowest BCUT2D eigenvalue weighted by Gasteiger charge is -2.31. The van der Waals surface area contributed by atoms with E-state index in [0.717, 1.165) is 30.3 Å². The largest absolute Gasteiger partial charge is 0.748 e. The smallest absolute Gasteiger partial charge is 0.303 e. The number of allylic oxidation sites excluding steroid dienone is 8. The number of methoxy groups -OCH3 is 2. The number of anilines is 1. The Labute approximate surface area is 554 Å². The van der Waals surface area contributed by atoms with Crippen molar-refractivity contribution in [2.24, 2.45) is 0 Å². The molecule has 33 heteroatoms. The molecule has 95 heavy (non-hydrogen) atoms. The van der Waals surface area contributed by atoms with Crippen LogP contribution in [-0.2, 0) is 109 Å². The van der Waals surface area contributed by atoms with Crippen LogP contribution in [-0.4, -0.2) is 225 Å². The van der Waals surface area contributed by atoms with Crippen molar-refractivity contribution < 1.29 is 122 Å². The third-order valence-electron chi connectivity index (χ3n) is 15.8. The highest BCUT2D eigenvalue weighted by Gasteiger charge is 2.49. The maximum Gasteiger partial charge on any atom is 0.303 e. The van der Waals surface area contributed by atoms with E-state index < -0.39 is 92.7 Å². The minimum Gasteiger partial charge on any atom is -0.748 e. The van der Waals surface area contributed by atoms with Crippen molar-refractivity contribution in [1.29, 1.82) is 0 Å². The minimum absolute atomic E-state index is 0.00675. The lowest BCUT2D eigenvalue weighted by molar-refractivity contribution is -0.438. The van der Waals surface area contributed by atoms with E-state index in [0.29, 0.717) is 94.2 Å². The summed E-state index contributed by atoms with van der Waals surface area (Å²) >= 11 is 0. The van der Waals surface area contributed by atoms with Crippen LogP contribution in [0.2, 0.25) is 0 Å². The van der Waals surface area contributed by atoms with Gasteiger partial charge < -0.3 is 75.4 Å². The molecule has 0 radical (unpaired) electrons. The van der Waals surface area contributed by atoms with Crippen molar-refractivity contribution in [3.63, 3.8) is 0 Å². The molecule has 28 nitrogen and oxygen atoms in total. The summed E-state index contributed by atoms with van der Waals surface area (Å²) in [5, 5.41) is 8.89. The molecule has 2 atom stereocenters. The third-order valence-corrected chi connectivity index (χ3v) is 20.0. The average molecular weight is 1430 g/mol. The van der Waals surface area contributed by atoms with Crippen LogP contribution in [0.25, 0.3) is 21.5 Å². The van der Waals surface area contributed by atoms with Gasteiger partial charge in [0, 0.05) is 85.9 Å². The number of nitrogens with zero attached hydrogens (tertiary/aromatic N) is 2. The fourth-order valence-electron chi connectivity index (χ4n) is 11.5. The van der Waals surface area contributed by atoms with Crippen LogP contribution in [0.5, 0.6) is 0 Å². The van der Waals surface area contributed by atoms with E-state index in [2.05, 4.69) is 0 Å². The number of aliphatic carboxylic acids is 1. The first-order valence-electron chi connectivity index (χ1n) is 30.3. The van der Waals surface area contributed by atoms with Gasteiger partial charge in [-0.15, -0.1) is 0 Å². The predicted molar refractivity (Wildman–Crippen MR) is 341 cm³/mol. The van der Waals surface area contributed by atoms with Gasteiger partial charge in [-0.25, -0.2) is 42.1 Å². The van der Waals surface area contributed by atoms with E-state index >= 15 is 0 Å². The molecule has 0 saturated carbocycles. The van der Waals surface area contributed by atoms with Crippen molar-refractivity contribution in [3.05, 3.63) is 108 Å². The fraction of sp³-hybridized carbons (Fsp3) is 0.516. The Balaban J connectivity index is 1.41. The van der Waals surface area contributed by atoms with Gasteiger partial charge in [-0.05, 0) is 110 Å². The monoisotopic (exact) mass is 1430 g/mol. The number of hydrogen-bond acceptors (Lipinski definition) is 26. The zero-order chi connectivity index (χ0) is 69.7. The number of carboxylic acids is 1. The van der Waals surface area contributed by atoms with E-state index in [9.17, 15) is 74.8 Å². The second kappa shape index (κ2) is 35.8. The van der Waals surface area contributed by atoms with Crippen LogP contribution in [0.15, 0.2) is 116 Å². The van der Waals surface area contributed by atoms with Crippen molar-refractivity contribution in [2.45, 2.75) is 89.2 Å². The van der Waals surface area contributed by atoms with E-state index in [1.54, 1.807) is 81.6 Å². The number of carboxylic acid groups (broad SMARTS) is 1. The van der Waals surface area contributed by atoms with E-state index in [1.807, 2.05) is 4.58 Å². The molecule has 1 N–H and O–H groups in total. The lowest BCUT2D eigenvalue weighted by Crippen LogP contribution is -2.33. The summed E-state index contributed by atoms with van der Waals surface area (Å²) < 4.78 is 241. The van der Waals surface area contributed by atoms with E-state index in [1.165, 1.54) is 6.07 Å². The Bertz CT molecular complexity index is 4060. The van der Waals surface area contributed by atoms with Crippen LogP contribution in [0, 0.1) is 0 Å².